The van der Waals surface area contributed by atoms with Gasteiger partial charge in [-0.05, 0) is 19.4 Å². The first-order chi connectivity index (χ1) is 9.16. The molecule has 3 heterocycles. The van der Waals surface area contributed by atoms with Crippen LogP contribution >= 0.6 is 11.6 Å². The van der Waals surface area contributed by atoms with Gasteiger partial charge in [0, 0.05) is 25.7 Å². The first-order valence-electron chi connectivity index (χ1n) is 6.30. The molecular weight excluding hydrogens is 270 g/mol. The largest absolute Gasteiger partial charge is 0.348 e. The van der Waals surface area contributed by atoms with E-state index in [4.69, 9.17) is 11.6 Å². The average Bonchev–Trinajstić information content (AvgIpc) is 2.85. The highest BCUT2D eigenvalue weighted by Crippen LogP contribution is 2.33. The molecule has 2 fully saturated rings. The fraction of sp³-hybridized carbons (Fsp3) is 0.636. The summed E-state index contributed by atoms with van der Waals surface area (Å²) in [6, 6.07) is 0.474. The fourth-order valence-electron chi connectivity index (χ4n) is 2.92. The Labute approximate surface area is 115 Å². The van der Waals surface area contributed by atoms with Gasteiger partial charge in [0.1, 0.15) is 6.33 Å². The predicted octanol–water partition coefficient (Wildman–Crippen LogP) is 1.32. The van der Waals surface area contributed by atoms with Crippen LogP contribution in [0.1, 0.15) is 12.8 Å². The minimum Gasteiger partial charge on any atom is -0.348 e. The molecule has 102 valence electrons. The number of anilines is 1. The molecule has 0 bridgehead atoms. The van der Waals surface area contributed by atoms with Crippen molar-refractivity contribution in [3.05, 3.63) is 21.6 Å². The summed E-state index contributed by atoms with van der Waals surface area (Å²) >= 11 is 5.83. The molecule has 1 atom stereocenters. The molecular formula is C11H14ClN5O2. The number of nitro groups is 1. The van der Waals surface area contributed by atoms with E-state index in [0.29, 0.717) is 11.9 Å². The van der Waals surface area contributed by atoms with Crippen molar-refractivity contribution in [1.29, 1.82) is 0 Å². The van der Waals surface area contributed by atoms with E-state index in [2.05, 4.69) is 14.9 Å². The molecule has 0 N–H and O–H groups in total. The van der Waals surface area contributed by atoms with Gasteiger partial charge in [0.05, 0.1) is 4.92 Å². The maximum Gasteiger partial charge on any atom is 0.348 e. The Morgan fingerprint density at radius 3 is 3.00 bits per heavy atom. The highest BCUT2D eigenvalue weighted by atomic mass is 35.5. The van der Waals surface area contributed by atoms with E-state index in [9.17, 15) is 10.1 Å². The Morgan fingerprint density at radius 1 is 1.37 bits per heavy atom. The van der Waals surface area contributed by atoms with E-state index in [1.165, 1.54) is 12.7 Å². The van der Waals surface area contributed by atoms with Gasteiger partial charge in [-0.15, -0.1) is 0 Å². The number of fused-ring (bicyclic) bond motifs is 1. The summed E-state index contributed by atoms with van der Waals surface area (Å²) in [5.41, 5.74) is -0.185. The van der Waals surface area contributed by atoms with Crippen LogP contribution in [0.2, 0.25) is 5.15 Å². The number of hydrogen-bond acceptors (Lipinski definition) is 6. The third-order valence-corrected chi connectivity index (χ3v) is 4.10. The van der Waals surface area contributed by atoms with Crippen LogP contribution in [0.3, 0.4) is 0 Å². The Balaban J connectivity index is 1.90. The fourth-order valence-corrected chi connectivity index (χ4v) is 3.12. The first kappa shape index (κ1) is 12.6. The second kappa shape index (κ2) is 4.90. The van der Waals surface area contributed by atoms with Crippen molar-refractivity contribution >= 4 is 23.1 Å². The lowest BCUT2D eigenvalue weighted by molar-refractivity contribution is -0.384. The van der Waals surface area contributed by atoms with E-state index >= 15 is 0 Å². The van der Waals surface area contributed by atoms with Gasteiger partial charge < -0.3 is 4.90 Å². The lowest BCUT2D eigenvalue weighted by Gasteiger charge is -2.37. The van der Waals surface area contributed by atoms with E-state index in [1.54, 1.807) is 0 Å². The molecule has 19 heavy (non-hydrogen) atoms. The summed E-state index contributed by atoms with van der Waals surface area (Å²) in [5, 5.41) is 11.0. The molecule has 0 radical (unpaired) electrons. The van der Waals surface area contributed by atoms with Gasteiger partial charge in [0.15, 0.2) is 0 Å². The van der Waals surface area contributed by atoms with Gasteiger partial charge in [-0.1, -0.05) is 11.6 Å². The SMILES string of the molecule is O=[N+]([O-])c1c(Cl)ncnc1N1CCN2CCCC2C1. The van der Waals surface area contributed by atoms with Crippen molar-refractivity contribution in [2.75, 3.05) is 31.1 Å². The molecule has 1 aromatic rings. The normalized spacial score (nSPS) is 23.4. The molecule has 0 amide bonds. The van der Waals surface area contributed by atoms with Gasteiger partial charge in [-0.2, -0.15) is 0 Å². The van der Waals surface area contributed by atoms with Crippen LogP contribution in [0.25, 0.3) is 0 Å². The van der Waals surface area contributed by atoms with Crippen molar-refractivity contribution in [2.45, 2.75) is 18.9 Å². The smallest absolute Gasteiger partial charge is 0.348 e. The van der Waals surface area contributed by atoms with Gasteiger partial charge in [0.2, 0.25) is 11.0 Å². The van der Waals surface area contributed by atoms with Crippen LogP contribution in [0.5, 0.6) is 0 Å². The third-order valence-electron chi connectivity index (χ3n) is 3.83. The molecule has 2 saturated heterocycles. The minimum absolute atomic E-state index is 0.0937. The third kappa shape index (κ3) is 2.23. The summed E-state index contributed by atoms with van der Waals surface area (Å²) in [5.74, 6) is 0.344. The monoisotopic (exact) mass is 283 g/mol. The lowest BCUT2D eigenvalue weighted by atomic mass is 10.1. The second-order valence-corrected chi connectivity index (χ2v) is 5.23. The van der Waals surface area contributed by atoms with Crippen LogP contribution in [0, 0.1) is 10.1 Å². The second-order valence-electron chi connectivity index (χ2n) is 4.87. The van der Waals surface area contributed by atoms with E-state index in [0.717, 1.165) is 32.6 Å². The van der Waals surface area contributed by atoms with Crippen molar-refractivity contribution in [3.8, 4) is 0 Å². The standard InChI is InChI=1S/C11H14ClN5O2/c12-10-9(17(18)19)11(14-7-13-10)16-5-4-15-3-1-2-8(15)6-16/h7-8H,1-6H2. The van der Waals surface area contributed by atoms with Crippen LogP contribution in [0.4, 0.5) is 11.5 Å². The Bertz CT molecular complexity index is 512. The molecule has 2 aliphatic rings. The predicted molar refractivity (Wildman–Crippen MR) is 70.5 cm³/mol. The summed E-state index contributed by atoms with van der Waals surface area (Å²) < 4.78 is 0. The molecule has 0 aromatic carbocycles. The van der Waals surface area contributed by atoms with E-state index in [-0.39, 0.29) is 10.8 Å². The lowest BCUT2D eigenvalue weighted by Crippen LogP contribution is -2.50. The molecule has 1 unspecified atom stereocenters. The molecule has 0 aliphatic carbocycles. The average molecular weight is 284 g/mol. The number of piperazine rings is 1. The van der Waals surface area contributed by atoms with Gasteiger partial charge >= 0.3 is 5.69 Å². The maximum absolute atomic E-state index is 11.1. The van der Waals surface area contributed by atoms with Gasteiger partial charge in [0.25, 0.3) is 0 Å². The summed E-state index contributed by atoms with van der Waals surface area (Å²) in [6.45, 7) is 3.56. The quantitative estimate of drug-likeness (QED) is 0.463. The zero-order valence-corrected chi connectivity index (χ0v) is 11.1. The van der Waals surface area contributed by atoms with Crippen LogP contribution < -0.4 is 4.90 Å². The summed E-state index contributed by atoms with van der Waals surface area (Å²) in [4.78, 5) is 22.8. The molecule has 8 heteroatoms. The first-order valence-corrected chi connectivity index (χ1v) is 6.68. The van der Waals surface area contributed by atoms with E-state index in [1.807, 2.05) is 4.90 Å². The summed E-state index contributed by atoms with van der Waals surface area (Å²) in [7, 11) is 0. The van der Waals surface area contributed by atoms with Gasteiger partial charge in [-0.3, -0.25) is 15.0 Å². The maximum atomic E-state index is 11.1. The van der Waals surface area contributed by atoms with E-state index < -0.39 is 4.92 Å². The van der Waals surface area contributed by atoms with Crippen molar-refractivity contribution in [2.24, 2.45) is 0 Å². The highest BCUT2D eigenvalue weighted by Gasteiger charge is 2.34. The van der Waals surface area contributed by atoms with Gasteiger partial charge in [-0.25, -0.2) is 9.97 Å². The van der Waals surface area contributed by atoms with Crippen LogP contribution in [-0.4, -0.2) is 52.0 Å². The van der Waals surface area contributed by atoms with Crippen LogP contribution in [0.15, 0.2) is 6.33 Å². The Hall–Kier alpha value is -1.47. The Kier molecular flexibility index (Phi) is 3.24. The van der Waals surface area contributed by atoms with Crippen molar-refractivity contribution < 1.29 is 4.92 Å². The van der Waals surface area contributed by atoms with Crippen LogP contribution in [-0.2, 0) is 0 Å². The highest BCUT2D eigenvalue weighted by molar-refractivity contribution is 6.31. The summed E-state index contributed by atoms with van der Waals surface area (Å²) in [6.07, 6.45) is 3.62. The zero-order valence-electron chi connectivity index (χ0n) is 10.3. The van der Waals surface area contributed by atoms with Crippen molar-refractivity contribution in [3.63, 3.8) is 0 Å². The molecule has 2 aliphatic heterocycles. The minimum atomic E-state index is -0.501. The zero-order chi connectivity index (χ0) is 13.4. The number of halogens is 1. The molecule has 1 aromatic heterocycles. The molecule has 7 nitrogen and oxygen atoms in total. The number of hydrogen-bond donors (Lipinski definition) is 0. The molecule has 0 saturated carbocycles. The topological polar surface area (TPSA) is 75.4 Å². The molecule has 3 rings (SSSR count). The molecule has 0 spiro atoms. The number of aromatic nitrogens is 2. The number of rotatable bonds is 2. The number of nitrogens with zero attached hydrogens (tertiary/aromatic N) is 5. The Morgan fingerprint density at radius 2 is 2.21 bits per heavy atom. The van der Waals surface area contributed by atoms with Crippen molar-refractivity contribution in [1.82, 2.24) is 14.9 Å².